The number of aryl methyl sites for hydroxylation is 1. The molecule has 0 saturated carbocycles. The van der Waals surface area contributed by atoms with Crippen LogP contribution in [0.3, 0.4) is 0 Å². The predicted octanol–water partition coefficient (Wildman–Crippen LogP) is 1.44. The van der Waals surface area contributed by atoms with Crippen molar-refractivity contribution in [1.82, 2.24) is 20.3 Å². The van der Waals surface area contributed by atoms with Crippen LogP contribution in [0.2, 0.25) is 0 Å². The van der Waals surface area contributed by atoms with Gasteiger partial charge in [0.1, 0.15) is 0 Å². The maximum absolute atomic E-state index is 12.2. The van der Waals surface area contributed by atoms with Crippen molar-refractivity contribution in [2.45, 2.75) is 19.9 Å². The molecule has 0 bridgehead atoms. The van der Waals surface area contributed by atoms with Gasteiger partial charge in [-0.2, -0.15) is 15.0 Å². The molecule has 23 heavy (non-hydrogen) atoms. The molecule has 1 N–H and O–H groups in total. The molecule has 0 radical (unpaired) electrons. The van der Waals surface area contributed by atoms with E-state index >= 15 is 0 Å². The molecule has 2 rings (SSSR count). The van der Waals surface area contributed by atoms with Crippen LogP contribution in [0.25, 0.3) is 0 Å². The molecular formula is C16H21N5O2. The fourth-order valence-corrected chi connectivity index (χ4v) is 1.91. The Hall–Kier alpha value is -2.70. The third-order valence-electron chi connectivity index (χ3n) is 3.26. The van der Waals surface area contributed by atoms with Gasteiger partial charge in [0.2, 0.25) is 5.95 Å². The molecule has 1 heterocycles. The van der Waals surface area contributed by atoms with E-state index in [0.717, 1.165) is 6.42 Å². The molecule has 0 aliphatic rings. The highest BCUT2D eigenvalue weighted by Gasteiger charge is 2.10. The number of methoxy groups -OCH3 is 1. The lowest BCUT2D eigenvalue weighted by Crippen LogP contribution is -2.25. The molecule has 0 atom stereocenters. The SMILES string of the molecule is CCc1ccc(C(=O)NCc2nc(OC)nc(N(C)C)n2)cc1. The summed E-state index contributed by atoms with van der Waals surface area (Å²) >= 11 is 0. The van der Waals surface area contributed by atoms with Gasteiger partial charge in [-0.3, -0.25) is 4.79 Å². The van der Waals surface area contributed by atoms with E-state index in [4.69, 9.17) is 4.74 Å². The second-order valence-electron chi connectivity index (χ2n) is 5.17. The monoisotopic (exact) mass is 315 g/mol. The second-order valence-corrected chi connectivity index (χ2v) is 5.17. The van der Waals surface area contributed by atoms with Gasteiger partial charge in [-0.15, -0.1) is 0 Å². The normalized spacial score (nSPS) is 10.3. The van der Waals surface area contributed by atoms with Gasteiger partial charge in [-0.25, -0.2) is 0 Å². The van der Waals surface area contributed by atoms with Gasteiger partial charge in [0.25, 0.3) is 5.91 Å². The molecule has 2 aromatic rings. The van der Waals surface area contributed by atoms with Crippen molar-refractivity contribution in [3.05, 3.63) is 41.2 Å². The molecule has 1 amide bonds. The zero-order chi connectivity index (χ0) is 16.8. The van der Waals surface area contributed by atoms with Crippen molar-refractivity contribution in [2.75, 3.05) is 26.1 Å². The van der Waals surface area contributed by atoms with Crippen molar-refractivity contribution >= 4 is 11.9 Å². The number of hydrogen-bond acceptors (Lipinski definition) is 6. The van der Waals surface area contributed by atoms with E-state index < -0.39 is 0 Å². The van der Waals surface area contributed by atoms with Gasteiger partial charge in [-0.1, -0.05) is 19.1 Å². The molecule has 0 spiro atoms. The Balaban J connectivity index is 2.07. The summed E-state index contributed by atoms with van der Waals surface area (Å²) in [5.74, 6) is 0.755. The van der Waals surface area contributed by atoms with E-state index in [1.165, 1.54) is 12.7 Å². The molecular weight excluding hydrogens is 294 g/mol. The molecule has 7 nitrogen and oxygen atoms in total. The zero-order valence-electron chi connectivity index (χ0n) is 13.8. The van der Waals surface area contributed by atoms with Gasteiger partial charge in [-0.05, 0) is 24.1 Å². The number of anilines is 1. The first kappa shape index (κ1) is 16.7. The summed E-state index contributed by atoms with van der Waals surface area (Å²) in [4.78, 5) is 26.5. The summed E-state index contributed by atoms with van der Waals surface area (Å²) in [7, 11) is 5.14. The molecule has 122 valence electrons. The van der Waals surface area contributed by atoms with E-state index in [1.54, 1.807) is 4.90 Å². The lowest BCUT2D eigenvalue weighted by atomic mass is 10.1. The number of carbonyl (C=O) groups is 1. The van der Waals surface area contributed by atoms with Crippen LogP contribution >= 0.6 is 0 Å². The van der Waals surface area contributed by atoms with Crippen LogP contribution in [0.4, 0.5) is 5.95 Å². The highest BCUT2D eigenvalue weighted by Crippen LogP contribution is 2.10. The molecule has 0 aliphatic carbocycles. The Morgan fingerprint density at radius 2 is 1.87 bits per heavy atom. The molecule has 0 unspecified atom stereocenters. The van der Waals surface area contributed by atoms with Crippen LogP contribution in [-0.2, 0) is 13.0 Å². The highest BCUT2D eigenvalue weighted by molar-refractivity contribution is 5.94. The maximum Gasteiger partial charge on any atom is 0.321 e. The Morgan fingerprint density at radius 1 is 1.17 bits per heavy atom. The van der Waals surface area contributed by atoms with Crippen LogP contribution in [-0.4, -0.2) is 42.1 Å². The summed E-state index contributed by atoms with van der Waals surface area (Å²) in [5, 5.41) is 2.80. The number of aromatic nitrogens is 3. The van der Waals surface area contributed by atoms with Crippen LogP contribution in [0, 0.1) is 0 Å². The third-order valence-corrected chi connectivity index (χ3v) is 3.26. The molecule has 7 heteroatoms. The Kier molecular flexibility index (Phi) is 5.46. The number of benzene rings is 1. The lowest BCUT2D eigenvalue weighted by Gasteiger charge is -2.12. The topological polar surface area (TPSA) is 80.2 Å². The first-order valence-corrected chi connectivity index (χ1v) is 7.37. The Labute approximate surface area is 135 Å². The largest absolute Gasteiger partial charge is 0.467 e. The summed E-state index contributed by atoms with van der Waals surface area (Å²) in [5.41, 5.74) is 1.80. The van der Waals surface area contributed by atoms with E-state index in [9.17, 15) is 4.79 Å². The third kappa shape index (κ3) is 4.38. The smallest absolute Gasteiger partial charge is 0.321 e. The summed E-state index contributed by atoms with van der Waals surface area (Å²) in [6.07, 6.45) is 0.944. The Morgan fingerprint density at radius 3 is 2.43 bits per heavy atom. The lowest BCUT2D eigenvalue weighted by molar-refractivity contribution is 0.0949. The van der Waals surface area contributed by atoms with Gasteiger partial charge in [0, 0.05) is 19.7 Å². The first-order valence-electron chi connectivity index (χ1n) is 7.37. The standard InChI is InChI=1S/C16H21N5O2/c1-5-11-6-8-12(9-7-11)14(22)17-10-13-18-15(21(2)3)20-16(19-13)23-4/h6-9H,5,10H2,1-4H3,(H,17,22). The number of nitrogens with one attached hydrogen (secondary N) is 1. The summed E-state index contributed by atoms with van der Waals surface area (Å²) < 4.78 is 5.06. The van der Waals surface area contributed by atoms with Crippen molar-refractivity contribution in [2.24, 2.45) is 0 Å². The second kappa shape index (κ2) is 7.53. The molecule has 0 aliphatic heterocycles. The molecule has 1 aromatic heterocycles. The van der Waals surface area contributed by atoms with Crippen LogP contribution in [0.5, 0.6) is 6.01 Å². The molecule has 0 fully saturated rings. The van der Waals surface area contributed by atoms with Crippen molar-refractivity contribution in [3.8, 4) is 6.01 Å². The number of amides is 1. The number of ether oxygens (including phenoxy) is 1. The fraction of sp³-hybridized carbons (Fsp3) is 0.375. The maximum atomic E-state index is 12.2. The van der Waals surface area contributed by atoms with Crippen LogP contribution in [0.15, 0.2) is 24.3 Å². The number of carbonyl (C=O) groups excluding carboxylic acids is 1. The van der Waals surface area contributed by atoms with Crippen molar-refractivity contribution in [1.29, 1.82) is 0 Å². The van der Waals surface area contributed by atoms with Gasteiger partial charge in [0.05, 0.1) is 13.7 Å². The van der Waals surface area contributed by atoms with Gasteiger partial charge in [0.15, 0.2) is 5.82 Å². The quantitative estimate of drug-likeness (QED) is 0.869. The Bertz CT molecular complexity index is 671. The van der Waals surface area contributed by atoms with Gasteiger partial charge < -0.3 is 15.0 Å². The minimum Gasteiger partial charge on any atom is -0.467 e. The minimum absolute atomic E-state index is 0.168. The van der Waals surface area contributed by atoms with E-state index in [2.05, 4.69) is 27.2 Å². The minimum atomic E-state index is -0.168. The van der Waals surface area contributed by atoms with E-state index in [0.29, 0.717) is 17.3 Å². The number of rotatable bonds is 6. The summed E-state index contributed by atoms with van der Waals surface area (Å²) in [6, 6.07) is 7.75. The number of hydrogen-bond donors (Lipinski definition) is 1. The van der Waals surface area contributed by atoms with Crippen molar-refractivity contribution in [3.63, 3.8) is 0 Å². The van der Waals surface area contributed by atoms with E-state index in [1.807, 2.05) is 38.4 Å². The highest BCUT2D eigenvalue weighted by atomic mass is 16.5. The van der Waals surface area contributed by atoms with Crippen molar-refractivity contribution < 1.29 is 9.53 Å². The molecule has 1 aromatic carbocycles. The predicted molar refractivity (Wildman–Crippen MR) is 87.7 cm³/mol. The zero-order valence-corrected chi connectivity index (χ0v) is 13.8. The van der Waals surface area contributed by atoms with Crippen LogP contribution in [0.1, 0.15) is 28.7 Å². The average molecular weight is 315 g/mol. The first-order chi connectivity index (χ1) is 11.0. The van der Waals surface area contributed by atoms with Crippen LogP contribution < -0.4 is 15.0 Å². The number of nitrogens with zero attached hydrogens (tertiary/aromatic N) is 4. The van der Waals surface area contributed by atoms with Gasteiger partial charge >= 0.3 is 6.01 Å². The fourth-order valence-electron chi connectivity index (χ4n) is 1.91. The van der Waals surface area contributed by atoms with E-state index in [-0.39, 0.29) is 18.5 Å². The summed E-state index contributed by atoms with van der Waals surface area (Å²) in [6.45, 7) is 2.28. The average Bonchev–Trinajstić information content (AvgIpc) is 2.59. The molecule has 0 saturated heterocycles.